The first-order valence-corrected chi connectivity index (χ1v) is 6.21. The lowest BCUT2D eigenvalue weighted by atomic mass is 10.1. The summed E-state index contributed by atoms with van der Waals surface area (Å²) in [6.07, 6.45) is 0. The molecule has 0 saturated carbocycles. The maximum atomic E-state index is 5.39. The number of nitrogens with zero attached hydrogens (tertiary/aromatic N) is 2. The first-order valence-electron chi connectivity index (χ1n) is 6.21. The van der Waals surface area contributed by atoms with Gasteiger partial charge in [-0.2, -0.15) is 0 Å². The SMILES string of the molecule is CC(C)CN(CC(C)C)c1cccc(NN)n1. The van der Waals surface area contributed by atoms with E-state index in [0.29, 0.717) is 17.7 Å². The van der Waals surface area contributed by atoms with Crippen molar-refractivity contribution < 1.29 is 0 Å². The van der Waals surface area contributed by atoms with Gasteiger partial charge in [-0.3, -0.25) is 0 Å². The maximum Gasteiger partial charge on any atom is 0.142 e. The third kappa shape index (κ3) is 4.61. The molecule has 0 aliphatic rings. The van der Waals surface area contributed by atoms with Gasteiger partial charge in [0, 0.05) is 13.1 Å². The van der Waals surface area contributed by atoms with Crippen molar-refractivity contribution in [3.63, 3.8) is 0 Å². The van der Waals surface area contributed by atoms with Gasteiger partial charge in [-0.15, -0.1) is 0 Å². The third-order valence-electron chi connectivity index (χ3n) is 2.38. The lowest BCUT2D eigenvalue weighted by molar-refractivity contribution is 0.549. The van der Waals surface area contributed by atoms with Gasteiger partial charge in [0.2, 0.25) is 0 Å². The summed E-state index contributed by atoms with van der Waals surface area (Å²) in [5.41, 5.74) is 2.59. The van der Waals surface area contributed by atoms with Crippen molar-refractivity contribution in [1.82, 2.24) is 4.98 Å². The van der Waals surface area contributed by atoms with E-state index in [1.165, 1.54) is 0 Å². The Balaban J connectivity index is 2.86. The number of anilines is 2. The highest BCUT2D eigenvalue weighted by Gasteiger charge is 2.11. The van der Waals surface area contributed by atoms with Crippen LogP contribution in [0, 0.1) is 11.8 Å². The second-order valence-electron chi connectivity index (χ2n) is 5.22. The van der Waals surface area contributed by atoms with Crippen LogP contribution in [0.5, 0.6) is 0 Å². The van der Waals surface area contributed by atoms with Gasteiger partial charge >= 0.3 is 0 Å². The molecule has 4 nitrogen and oxygen atoms in total. The fourth-order valence-electron chi connectivity index (χ4n) is 1.82. The molecule has 0 bridgehead atoms. The molecule has 0 atom stereocenters. The minimum absolute atomic E-state index is 0.616. The molecule has 17 heavy (non-hydrogen) atoms. The third-order valence-corrected chi connectivity index (χ3v) is 2.38. The van der Waals surface area contributed by atoms with Crippen molar-refractivity contribution >= 4 is 11.6 Å². The van der Waals surface area contributed by atoms with Gasteiger partial charge in [0.1, 0.15) is 11.6 Å². The van der Waals surface area contributed by atoms with E-state index in [9.17, 15) is 0 Å². The summed E-state index contributed by atoms with van der Waals surface area (Å²) in [6, 6.07) is 5.88. The number of nitrogen functional groups attached to an aromatic ring is 1. The molecule has 3 N–H and O–H groups in total. The van der Waals surface area contributed by atoms with Crippen molar-refractivity contribution in [2.75, 3.05) is 23.4 Å². The molecule has 4 heteroatoms. The highest BCUT2D eigenvalue weighted by Crippen LogP contribution is 2.16. The number of nitrogens with two attached hydrogens (primary N) is 1. The summed E-state index contributed by atoms with van der Waals surface area (Å²) in [5, 5.41) is 0. The normalized spacial score (nSPS) is 11.0. The molecule has 0 unspecified atom stereocenters. The van der Waals surface area contributed by atoms with Gasteiger partial charge in [0.25, 0.3) is 0 Å². The Hall–Kier alpha value is -1.29. The van der Waals surface area contributed by atoms with E-state index in [1.807, 2.05) is 18.2 Å². The van der Waals surface area contributed by atoms with Gasteiger partial charge in [0.15, 0.2) is 0 Å². The molecule has 0 spiro atoms. The topological polar surface area (TPSA) is 54.2 Å². The van der Waals surface area contributed by atoms with E-state index < -0.39 is 0 Å². The van der Waals surface area contributed by atoms with Crippen LogP contribution in [0.2, 0.25) is 0 Å². The second kappa shape index (κ2) is 6.45. The summed E-state index contributed by atoms with van der Waals surface area (Å²) < 4.78 is 0. The van der Waals surface area contributed by atoms with E-state index >= 15 is 0 Å². The molecule has 1 heterocycles. The molecule has 0 aliphatic carbocycles. The maximum absolute atomic E-state index is 5.39. The lowest BCUT2D eigenvalue weighted by Gasteiger charge is -2.27. The summed E-state index contributed by atoms with van der Waals surface area (Å²) in [5.74, 6) is 8.32. The number of aromatic nitrogens is 1. The summed E-state index contributed by atoms with van der Waals surface area (Å²) in [6.45, 7) is 10.9. The van der Waals surface area contributed by atoms with E-state index in [2.05, 4.69) is 43.0 Å². The van der Waals surface area contributed by atoms with Crippen LogP contribution in [0.4, 0.5) is 11.6 Å². The fourth-order valence-corrected chi connectivity index (χ4v) is 1.82. The first kappa shape index (κ1) is 13.8. The van der Waals surface area contributed by atoms with Crippen LogP contribution in [0.1, 0.15) is 27.7 Å². The monoisotopic (exact) mass is 236 g/mol. The van der Waals surface area contributed by atoms with E-state index in [0.717, 1.165) is 18.9 Å². The smallest absolute Gasteiger partial charge is 0.142 e. The van der Waals surface area contributed by atoms with Crippen molar-refractivity contribution in [3.05, 3.63) is 18.2 Å². The minimum Gasteiger partial charge on any atom is -0.356 e. The molecule has 0 radical (unpaired) electrons. The van der Waals surface area contributed by atoms with Crippen molar-refractivity contribution in [2.24, 2.45) is 17.7 Å². The Morgan fingerprint density at radius 1 is 1.18 bits per heavy atom. The number of rotatable bonds is 6. The Morgan fingerprint density at radius 2 is 1.76 bits per heavy atom. The molecule has 0 aliphatic heterocycles. The van der Waals surface area contributed by atoms with E-state index in [4.69, 9.17) is 5.84 Å². The highest BCUT2D eigenvalue weighted by atomic mass is 15.3. The zero-order chi connectivity index (χ0) is 12.8. The van der Waals surface area contributed by atoms with Crippen LogP contribution < -0.4 is 16.2 Å². The van der Waals surface area contributed by atoms with Crippen LogP contribution in [-0.4, -0.2) is 18.1 Å². The average Bonchev–Trinajstić information content (AvgIpc) is 2.27. The van der Waals surface area contributed by atoms with E-state index in [-0.39, 0.29) is 0 Å². The molecule has 1 aromatic heterocycles. The highest BCUT2D eigenvalue weighted by molar-refractivity contribution is 5.46. The van der Waals surface area contributed by atoms with Crippen molar-refractivity contribution in [2.45, 2.75) is 27.7 Å². The summed E-state index contributed by atoms with van der Waals surface area (Å²) in [4.78, 5) is 6.80. The largest absolute Gasteiger partial charge is 0.356 e. The Bertz CT molecular complexity index is 326. The lowest BCUT2D eigenvalue weighted by Crippen LogP contribution is -2.32. The van der Waals surface area contributed by atoms with Gasteiger partial charge in [-0.05, 0) is 24.0 Å². The van der Waals surface area contributed by atoms with Gasteiger partial charge in [-0.1, -0.05) is 33.8 Å². The molecule has 0 fully saturated rings. The van der Waals surface area contributed by atoms with Crippen LogP contribution in [0.15, 0.2) is 18.2 Å². The Kier molecular flexibility index (Phi) is 5.22. The quantitative estimate of drug-likeness (QED) is 0.588. The number of pyridine rings is 1. The molecular formula is C13H24N4. The van der Waals surface area contributed by atoms with Gasteiger partial charge in [0.05, 0.1) is 0 Å². The van der Waals surface area contributed by atoms with Gasteiger partial charge in [-0.25, -0.2) is 10.8 Å². The van der Waals surface area contributed by atoms with Crippen molar-refractivity contribution in [3.8, 4) is 0 Å². The van der Waals surface area contributed by atoms with Crippen molar-refractivity contribution in [1.29, 1.82) is 0 Å². The molecule has 1 aromatic rings. The first-order chi connectivity index (χ1) is 8.02. The number of hydrogen-bond donors (Lipinski definition) is 2. The van der Waals surface area contributed by atoms with Crippen LogP contribution in [0.3, 0.4) is 0 Å². The molecular weight excluding hydrogens is 212 g/mol. The zero-order valence-electron chi connectivity index (χ0n) is 11.3. The van der Waals surface area contributed by atoms with Crippen LogP contribution >= 0.6 is 0 Å². The molecule has 96 valence electrons. The molecule has 1 rings (SSSR count). The fraction of sp³-hybridized carbons (Fsp3) is 0.615. The van der Waals surface area contributed by atoms with Gasteiger partial charge < -0.3 is 10.3 Å². The average molecular weight is 236 g/mol. The molecule has 0 amide bonds. The molecule has 0 saturated heterocycles. The summed E-state index contributed by atoms with van der Waals surface area (Å²) in [7, 11) is 0. The standard InChI is InChI=1S/C13H24N4/c1-10(2)8-17(9-11(3)4)13-7-5-6-12(15-13)16-14/h5-7,10-11H,8-9,14H2,1-4H3,(H,15,16). The molecule has 0 aromatic carbocycles. The zero-order valence-corrected chi connectivity index (χ0v) is 11.3. The minimum atomic E-state index is 0.616. The number of hydrazine groups is 1. The van der Waals surface area contributed by atoms with Crippen LogP contribution in [0.25, 0.3) is 0 Å². The Labute approximate surface area is 104 Å². The Morgan fingerprint density at radius 3 is 2.24 bits per heavy atom. The predicted molar refractivity (Wildman–Crippen MR) is 73.9 cm³/mol. The number of nitrogens with one attached hydrogen (secondary N) is 1. The van der Waals surface area contributed by atoms with E-state index in [1.54, 1.807) is 0 Å². The number of hydrogen-bond acceptors (Lipinski definition) is 4. The second-order valence-corrected chi connectivity index (χ2v) is 5.22. The predicted octanol–water partition coefficient (Wildman–Crippen LogP) is 2.49. The summed E-state index contributed by atoms with van der Waals surface area (Å²) >= 11 is 0. The van der Waals surface area contributed by atoms with Crippen LogP contribution in [-0.2, 0) is 0 Å².